The number of carbonyl (C=O) groups is 2. The van der Waals surface area contributed by atoms with Gasteiger partial charge in [-0.05, 0) is 42.5 Å². The molecule has 0 saturated carbocycles. The minimum Gasteiger partial charge on any atom is -0.481 e. The molecule has 33 heavy (non-hydrogen) atoms. The molecule has 1 aliphatic rings. The number of benzene rings is 3. The van der Waals surface area contributed by atoms with E-state index in [2.05, 4.69) is 10.0 Å². The molecule has 4 rings (SSSR count). The molecule has 10 heteroatoms. The summed E-state index contributed by atoms with van der Waals surface area (Å²) in [5.74, 6) is -0.724. The van der Waals surface area contributed by atoms with Crippen LogP contribution in [0.2, 0.25) is 0 Å². The highest BCUT2D eigenvalue weighted by molar-refractivity contribution is 7.92. The number of amides is 2. The molecule has 2 N–H and O–H groups in total. The second kappa shape index (κ2) is 8.91. The first-order valence-electron chi connectivity index (χ1n) is 9.94. The van der Waals surface area contributed by atoms with Crippen molar-refractivity contribution < 1.29 is 27.1 Å². The molecule has 0 saturated heterocycles. The van der Waals surface area contributed by atoms with Gasteiger partial charge in [0.1, 0.15) is 11.6 Å². The van der Waals surface area contributed by atoms with Crippen molar-refractivity contribution in [3.05, 3.63) is 78.1 Å². The Morgan fingerprint density at radius 2 is 1.76 bits per heavy atom. The van der Waals surface area contributed by atoms with E-state index in [0.29, 0.717) is 22.7 Å². The molecule has 1 aliphatic heterocycles. The summed E-state index contributed by atoms with van der Waals surface area (Å²) in [5.41, 5.74) is 1.48. The molecule has 1 heterocycles. The Kier molecular flexibility index (Phi) is 6.01. The van der Waals surface area contributed by atoms with Crippen LogP contribution in [0.1, 0.15) is 12.5 Å². The van der Waals surface area contributed by atoms with Crippen molar-refractivity contribution >= 4 is 38.9 Å². The van der Waals surface area contributed by atoms with Crippen LogP contribution in [-0.4, -0.2) is 26.8 Å². The molecular formula is C23H20FN3O5S. The topological polar surface area (TPSA) is 105 Å². The van der Waals surface area contributed by atoms with Gasteiger partial charge in [0.05, 0.1) is 22.8 Å². The quantitative estimate of drug-likeness (QED) is 0.575. The van der Waals surface area contributed by atoms with Gasteiger partial charge in [0.2, 0.25) is 5.91 Å². The molecule has 0 bridgehead atoms. The van der Waals surface area contributed by atoms with E-state index in [1.54, 1.807) is 24.3 Å². The molecular weight excluding hydrogens is 449 g/mol. The van der Waals surface area contributed by atoms with Crippen molar-refractivity contribution in [1.82, 2.24) is 0 Å². The molecule has 0 aromatic heterocycles. The van der Waals surface area contributed by atoms with Gasteiger partial charge in [0, 0.05) is 24.2 Å². The fourth-order valence-corrected chi connectivity index (χ4v) is 4.42. The van der Waals surface area contributed by atoms with Crippen LogP contribution in [-0.2, 0) is 26.2 Å². The summed E-state index contributed by atoms with van der Waals surface area (Å²) in [7, 11) is -3.91. The zero-order chi connectivity index (χ0) is 23.6. The summed E-state index contributed by atoms with van der Waals surface area (Å²) in [5, 5.41) is 2.57. The number of sulfonamides is 1. The first kappa shape index (κ1) is 22.3. The monoisotopic (exact) mass is 469 g/mol. The average molecular weight is 469 g/mol. The Hall–Kier alpha value is -3.92. The van der Waals surface area contributed by atoms with E-state index in [1.807, 2.05) is 0 Å². The van der Waals surface area contributed by atoms with Gasteiger partial charge in [0.15, 0.2) is 6.61 Å². The van der Waals surface area contributed by atoms with Crippen molar-refractivity contribution in [2.45, 2.75) is 18.4 Å². The lowest BCUT2D eigenvalue weighted by atomic mass is 10.1. The summed E-state index contributed by atoms with van der Waals surface area (Å²) < 4.78 is 47.5. The van der Waals surface area contributed by atoms with Gasteiger partial charge in [-0.3, -0.25) is 14.3 Å². The van der Waals surface area contributed by atoms with Crippen molar-refractivity contribution in [2.75, 3.05) is 21.5 Å². The number of fused-ring (bicyclic) bond motifs is 1. The van der Waals surface area contributed by atoms with E-state index in [1.165, 1.54) is 54.3 Å². The van der Waals surface area contributed by atoms with Gasteiger partial charge in [-0.15, -0.1) is 0 Å². The summed E-state index contributed by atoms with van der Waals surface area (Å²) in [4.78, 5) is 24.9. The molecule has 0 unspecified atom stereocenters. The van der Waals surface area contributed by atoms with Crippen LogP contribution in [0, 0.1) is 5.82 Å². The fraction of sp³-hybridized carbons (Fsp3) is 0.130. The number of anilines is 3. The first-order valence-corrected chi connectivity index (χ1v) is 11.4. The zero-order valence-electron chi connectivity index (χ0n) is 17.5. The standard InChI is InChI=1S/C23H20FN3O5S/c1-15(28)25-17-6-9-19(10-7-17)33(30,31)26-18-8-11-21-22(12-18)32-14-23(29)27(21)13-16-4-2-3-5-20(16)24/h2-12,26H,13-14H2,1H3,(H,25,28). The number of nitrogens with zero attached hydrogens (tertiary/aromatic N) is 1. The molecule has 0 fully saturated rings. The maximum atomic E-state index is 14.1. The van der Waals surface area contributed by atoms with Crippen LogP contribution in [0.15, 0.2) is 71.6 Å². The van der Waals surface area contributed by atoms with Crippen molar-refractivity contribution in [3.63, 3.8) is 0 Å². The lowest BCUT2D eigenvalue weighted by molar-refractivity contribution is -0.121. The molecule has 0 atom stereocenters. The number of hydrogen-bond acceptors (Lipinski definition) is 5. The molecule has 3 aromatic carbocycles. The van der Waals surface area contributed by atoms with E-state index in [9.17, 15) is 22.4 Å². The highest BCUT2D eigenvalue weighted by Crippen LogP contribution is 2.36. The van der Waals surface area contributed by atoms with E-state index >= 15 is 0 Å². The Morgan fingerprint density at radius 3 is 2.45 bits per heavy atom. The van der Waals surface area contributed by atoms with Crippen molar-refractivity contribution in [2.24, 2.45) is 0 Å². The van der Waals surface area contributed by atoms with Gasteiger partial charge < -0.3 is 15.0 Å². The lowest BCUT2D eigenvalue weighted by Gasteiger charge is -2.30. The Balaban J connectivity index is 1.56. The van der Waals surface area contributed by atoms with Crippen LogP contribution in [0.25, 0.3) is 0 Å². The van der Waals surface area contributed by atoms with Gasteiger partial charge in [-0.25, -0.2) is 12.8 Å². The van der Waals surface area contributed by atoms with Crippen molar-refractivity contribution in [3.8, 4) is 5.75 Å². The largest absolute Gasteiger partial charge is 0.481 e. The Bertz CT molecular complexity index is 1330. The molecule has 170 valence electrons. The van der Waals surface area contributed by atoms with Gasteiger partial charge >= 0.3 is 0 Å². The third-order valence-corrected chi connectivity index (χ3v) is 6.32. The minimum absolute atomic E-state index is 0.00611. The number of ether oxygens (including phenoxy) is 1. The number of halogens is 1. The number of nitrogens with one attached hydrogen (secondary N) is 2. The van der Waals surface area contributed by atoms with Gasteiger partial charge in [-0.1, -0.05) is 18.2 Å². The van der Waals surface area contributed by atoms with Crippen LogP contribution in [0.5, 0.6) is 5.75 Å². The molecule has 3 aromatic rings. The number of hydrogen-bond donors (Lipinski definition) is 2. The van der Waals surface area contributed by atoms with Gasteiger partial charge in [-0.2, -0.15) is 0 Å². The Labute approximate surface area is 190 Å². The lowest BCUT2D eigenvalue weighted by Crippen LogP contribution is -2.38. The molecule has 8 nitrogen and oxygen atoms in total. The normalized spacial score (nSPS) is 13.2. The van der Waals surface area contributed by atoms with Gasteiger partial charge in [0.25, 0.3) is 15.9 Å². The fourth-order valence-electron chi connectivity index (χ4n) is 3.37. The second-order valence-corrected chi connectivity index (χ2v) is 9.04. The van der Waals surface area contributed by atoms with Crippen LogP contribution in [0.4, 0.5) is 21.5 Å². The predicted octanol–water partition coefficient (Wildman–Crippen LogP) is 3.51. The summed E-state index contributed by atoms with van der Waals surface area (Å²) in [6, 6.07) is 16.4. The van der Waals surface area contributed by atoms with Crippen molar-refractivity contribution in [1.29, 1.82) is 0 Å². The van der Waals surface area contributed by atoms with Crippen LogP contribution >= 0.6 is 0 Å². The average Bonchev–Trinajstić information content (AvgIpc) is 2.77. The summed E-state index contributed by atoms with van der Waals surface area (Å²) in [6.07, 6.45) is 0. The minimum atomic E-state index is -3.91. The SMILES string of the molecule is CC(=O)Nc1ccc(S(=O)(=O)Nc2ccc3c(c2)OCC(=O)N3Cc2ccccc2F)cc1. The summed E-state index contributed by atoms with van der Waals surface area (Å²) in [6.45, 7) is 1.13. The molecule has 0 radical (unpaired) electrons. The molecule has 0 aliphatic carbocycles. The van der Waals surface area contributed by atoms with E-state index in [-0.39, 0.29) is 35.5 Å². The maximum absolute atomic E-state index is 14.1. The van der Waals surface area contributed by atoms with E-state index in [4.69, 9.17) is 4.74 Å². The Morgan fingerprint density at radius 1 is 1.06 bits per heavy atom. The molecule has 2 amide bonds. The van der Waals surface area contributed by atoms with E-state index in [0.717, 1.165) is 0 Å². The highest BCUT2D eigenvalue weighted by atomic mass is 32.2. The van der Waals surface area contributed by atoms with E-state index < -0.39 is 15.8 Å². The van der Waals surface area contributed by atoms with Crippen LogP contribution < -0.4 is 19.7 Å². The summed E-state index contributed by atoms with van der Waals surface area (Å²) >= 11 is 0. The smallest absolute Gasteiger partial charge is 0.265 e. The third-order valence-electron chi connectivity index (χ3n) is 4.93. The third kappa shape index (κ3) is 4.96. The maximum Gasteiger partial charge on any atom is 0.265 e. The predicted molar refractivity (Wildman–Crippen MR) is 121 cm³/mol. The number of rotatable bonds is 6. The zero-order valence-corrected chi connectivity index (χ0v) is 18.4. The highest BCUT2D eigenvalue weighted by Gasteiger charge is 2.27. The first-order chi connectivity index (χ1) is 15.7. The molecule has 0 spiro atoms. The van der Waals surface area contributed by atoms with Crippen LogP contribution in [0.3, 0.4) is 0 Å². The second-order valence-electron chi connectivity index (χ2n) is 7.35. The number of carbonyl (C=O) groups excluding carboxylic acids is 2.